The molecule has 1 atom stereocenters. The smallest absolute Gasteiger partial charge is 0.323 e. The summed E-state index contributed by atoms with van der Waals surface area (Å²) in [7, 11) is 0. The van der Waals surface area contributed by atoms with Crippen LogP contribution in [-0.4, -0.2) is 41.2 Å². The highest BCUT2D eigenvalue weighted by atomic mass is 35.5. The number of nitrogens with zero attached hydrogens (tertiary/aromatic N) is 1. The van der Waals surface area contributed by atoms with Crippen molar-refractivity contribution in [2.45, 2.75) is 31.7 Å². The Morgan fingerprint density at radius 3 is 2.90 bits per heavy atom. The van der Waals surface area contributed by atoms with E-state index in [4.69, 9.17) is 16.3 Å². The van der Waals surface area contributed by atoms with Gasteiger partial charge in [-0.15, -0.1) is 0 Å². The molecule has 2 rings (SSSR count). The number of carbonyl (C=O) groups is 1. The number of carboxylic acid groups (broad SMARTS) is 1. The Morgan fingerprint density at radius 1 is 1.45 bits per heavy atom. The zero-order valence-electron chi connectivity index (χ0n) is 11.6. The third kappa shape index (κ3) is 3.25. The van der Waals surface area contributed by atoms with Gasteiger partial charge in [0.15, 0.2) is 0 Å². The third-order valence-electron chi connectivity index (χ3n) is 3.96. The highest BCUT2D eigenvalue weighted by molar-refractivity contribution is 6.32. The van der Waals surface area contributed by atoms with Crippen molar-refractivity contribution < 1.29 is 14.6 Å². The third-order valence-corrected chi connectivity index (χ3v) is 4.27. The summed E-state index contributed by atoms with van der Waals surface area (Å²) in [6.45, 7) is 3.62. The highest BCUT2D eigenvalue weighted by Crippen LogP contribution is 2.28. The average Bonchev–Trinajstić information content (AvgIpc) is 2.43. The Labute approximate surface area is 124 Å². The molecular formula is C15H20ClNO3. The fourth-order valence-electron chi connectivity index (χ4n) is 2.61. The number of hydrogen-bond donors (Lipinski definition) is 1. The molecule has 20 heavy (non-hydrogen) atoms. The molecule has 110 valence electrons. The Kier molecular flexibility index (Phi) is 4.89. The molecule has 1 heterocycles. The highest BCUT2D eigenvalue weighted by Gasteiger charge is 2.40. The fraction of sp³-hybridized carbons (Fsp3) is 0.533. The first-order valence-corrected chi connectivity index (χ1v) is 7.27. The summed E-state index contributed by atoms with van der Waals surface area (Å²) in [5.74, 6) is -0.113. The van der Waals surface area contributed by atoms with Crippen molar-refractivity contribution in [2.24, 2.45) is 0 Å². The van der Waals surface area contributed by atoms with Crippen molar-refractivity contribution >= 4 is 17.6 Å². The van der Waals surface area contributed by atoms with Crippen LogP contribution in [0.1, 0.15) is 26.2 Å². The molecule has 0 amide bonds. The van der Waals surface area contributed by atoms with E-state index in [0.717, 1.165) is 19.4 Å². The molecule has 0 saturated carbocycles. The van der Waals surface area contributed by atoms with E-state index in [1.54, 1.807) is 13.0 Å². The number of hydrogen-bond acceptors (Lipinski definition) is 3. The molecule has 0 aliphatic carbocycles. The van der Waals surface area contributed by atoms with E-state index >= 15 is 0 Å². The van der Waals surface area contributed by atoms with Crippen molar-refractivity contribution in [3.05, 3.63) is 29.3 Å². The van der Waals surface area contributed by atoms with Crippen LogP contribution in [-0.2, 0) is 4.79 Å². The number of ether oxygens (including phenoxy) is 1. The van der Waals surface area contributed by atoms with Crippen molar-refractivity contribution in [1.29, 1.82) is 0 Å². The van der Waals surface area contributed by atoms with Gasteiger partial charge in [0.25, 0.3) is 0 Å². The second kappa shape index (κ2) is 6.46. The number of aliphatic carboxylic acids is 1. The van der Waals surface area contributed by atoms with Crippen LogP contribution in [0.25, 0.3) is 0 Å². The fourth-order valence-corrected chi connectivity index (χ4v) is 2.80. The molecule has 1 aliphatic rings. The van der Waals surface area contributed by atoms with Crippen LogP contribution in [0.3, 0.4) is 0 Å². The van der Waals surface area contributed by atoms with Gasteiger partial charge in [0.05, 0.1) is 5.02 Å². The van der Waals surface area contributed by atoms with E-state index in [0.29, 0.717) is 30.3 Å². The lowest BCUT2D eigenvalue weighted by molar-refractivity contribution is -0.153. The van der Waals surface area contributed by atoms with Gasteiger partial charge in [0.2, 0.25) is 0 Å². The van der Waals surface area contributed by atoms with Gasteiger partial charge < -0.3 is 9.84 Å². The first-order chi connectivity index (χ1) is 9.54. The maximum Gasteiger partial charge on any atom is 0.323 e. The maximum absolute atomic E-state index is 11.5. The lowest BCUT2D eigenvalue weighted by Crippen LogP contribution is -2.56. The predicted molar refractivity (Wildman–Crippen MR) is 78.4 cm³/mol. The number of rotatable bonds is 5. The van der Waals surface area contributed by atoms with Crippen LogP contribution in [0.5, 0.6) is 5.75 Å². The number of benzene rings is 1. The number of likely N-dealkylation sites (tertiary alicyclic amines) is 1. The summed E-state index contributed by atoms with van der Waals surface area (Å²) in [5, 5.41) is 10.0. The molecule has 1 aliphatic heterocycles. The van der Waals surface area contributed by atoms with Gasteiger partial charge >= 0.3 is 5.97 Å². The van der Waals surface area contributed by atoms with Gasteiger partial charge in [-0.3, -0.25) is 9.69 Å². The van der Waals surface area contributed by atoms with Gasteiger partial charge in [-0.2, -0.15) is 0 Å². The van der Waals surface area contributed by atoms with Gasteiger partial charge in [-0.25, -0.2) is 0 Å². The normalized spacial score (nSPS) is 23.5. The van der Waals surface area contributed by atoms with E-state index in [9.17, 15) is 9.90 Å². The number of piperidine rings is 1. The predicted octanol–water partition coefficient (Wildman–Crippen LogP) is 3.05. The number of para-hydroxylation sites is 1. The summed E-state index contributed by atoms with van der Waals surface area (Å²) in [6, 6.07) is 7.30. The molecule has 0 spiro atoms. The molecule has 5 heteroatoms. The van der Waals surface area contributed by atoms with E-state index in [-0.39, 0.29) is 0 Å². The molecule has 1 aromatic carbocycles. The molecule has 1 N–H and O–H groups in total. The summed E-state index contributed by atoms with van der Waals surface area (Å²) < 4.78 is 5.65. The largest absolute Gasteiger partial charge is 0.491 e. The minimum absolute atomic E-state index is 0.437. The van der Waals surface area contributed by atoms with Crippen molar-refractivity contribution in [1.82, 2.24) is 4.90 Å². The first-order valence-electron chi connectivity index (χ1n) is 6.90. The molecule has 1 saturated heterocycles. The number of carboxylic acids is 1. The van der Waals surface area contributed by atoms with Crippen LogP contribution in [0, 0.1) is 0 Å². The second-order valence-electron chi connectivity index (χ2n) is 5.30. The second-order valence-corrected chi connectivity index (χ2v) is 5.71. The van der Waals surface area contributed by atoms with Gasteiger partial charge in [-0.05, 0) is 44.9 Å². The van der Waals surface area contributed by atoms with E-state index in [1.165, 1.54) is 0 Å². The average molecular weight is 298 g/mol. The molecule has 0 aromatic heterocycles. The van der Waals surface area contributed by atoms with Crippen LogP contribution in [0.15, 0.2) is 24.3 Å². The van der Waals surface area contributed by atoms with E-state index in [2.05, 4.69) is 0 Å². The molecule has 1 unspecified atom stereocenters. The molecule has 1 fully saturated rings. The quantitative estimate of drug-likeness (QED) is 0.907. The minimum Gasteiger partial charge on any atom is -0.491 e. The van der Waals surface area contributed by atoms with Crippen LogP contribution >= 0.6 is 11.6 Å². The molecule has 4 nitrogen and oxygen atoms in total. The van der Waals surface area contributed by atoms with Crippen LogP contribution in [0.4, 0.5) is 0 Å². The summed E-state index contributed by atoms with van der Waals surface area (Å²) in [6.07, 6.45) is 2.69. The van der Waals surface area contributed by atoms with Gasteiger partial charge in [-0.1, -0.05) is 23.7 Å². The zero-order valence-corrected chi connectivity index (χ0v) is 12.4. The van der Waals surface area contributed by atoms with E-state index in [1.807, 2.05) is 23.1 Å². The van der Waals surface area contributed by atoms with Crippen molar-refractivity contribution in [3.63, 3.8) is 0 Å². The lowest BCUT2D eigenvalue weighted by atomic mass is 9.88. The first kappa shape index (κ1) is 15.1. The standard InChI is InChI=1S/C15H20ClNO3/c1-15(14(18)19)8-4-5-9-17(15)10-11-20-13-7-3-2-6-12(13)16/h2-3,6-7H,4-5,8-11H2,1H3,(H,18,19). The summed E-state index contributed by atoms with van der Waals surface area (Å²) in [4.78, 5) is 13.5. The van der Waals surface area contributed by atoms with Gasteiger partial charge in [0, 0.05) is 6.54 Å². The number of halogens is 1. The van der Waals surface area contributed by atoms with E-state index < -0.39 is 11.5 Å². The summed E-state index contributed by atoms with van der Waals surface area (Å²) >= 11 is 6.02. The SMILES string of the molecule is CC1(C(=O)O)CCCCN1CCOc1ccccc1Cl. The summed E-state index contributed by atoms with van der Waals surface area (Å²) in [5.41, 5.74) is -0.776. The topological polar surface area (TPSA) is 49.8 Å². The minimum atomic E-state index is -0.776. The Hall–Kier alpha value is -1.26. The van der Waals surface area contributed by atoms with Crippen LogP contribution in [0.2, 0.25) is 5.02 Å². The Bertz CT molecular complexity index is 480. The molecule has 1 aromatic rings. The van der Waals surface area contributed by atoms with Crippen molar-refractivity contribution in [3.8, 4) is 5.75 Å². The molecule has 0 bridgehead atoms. The Balaban J connectivity index is 1.92. The monoisotopic (exact) mass is 297 g/mol. The zero-order chi connectivity index (χ0) is 14.6. The lowest BCUT2D eigenvalue weighted by Gasteiger charge is -2.41. The molecular weight excluding hydrogens is 278 g/mol. The van der Waals surface area contributed by atoms with Crippen molar-refractivity contribution in [2.75, 3.05) is 19.7 Å². The maximum atomic E-state index is 11.5. The Morgan fingerprint density at radius 2 is 2.20 bits per heavy atom. The van der Waals surface area contributed by atoms with Crippen LogP contribution < -0.4 is 4.74 Å². The molecule has 0 radical (unpaired) electrons. The van der Waals surface area contributed by atoms with Gasteiger partial charge in [0.1, 0.15) is 17.9 Å².